The van der Waals surface area contributed by atoms with Crippen LogP contribution in [0.1, 0.15) is 18.5 Å². The van der Waals surface area contributed by atoms with Gasteiger partial charge in [-0.3, -0.25) is 4.90 Å². The fourth-order valence-corrected chi connectivity index (χ4v) is 2.55. The lowest BCUT2D eigenvalue weighted by Crippen LogP contribution is -2.17. The number of benzene rings is 1. The zero-order chi connectivity index (χ0) is 10.2. The highest BCUT2D eigenvalue weighted by Crippen LogP contribution is 2.45. The van der Waals surface area contributed by atoms with Gasteiger partial charge in [-0.05, 0) is 12.5 Å². The van der Waals surface area contributed by atoms with Crippen LogP contribution in [0.2, 0.25) is 0 Å². The fourth-order valence-electron chi connectivity index (χ4n) is 1.76. The summed E-state index contributed by atoms with van der Waals surface area (Å²) in [5.41, 5.74) is 1.32. The number of hydrogen-bond acceptors (Lipinski definition) is 2. The van der Waals surface area contributed by atoms with Gasteiger partial charge in [-0.1, -0.05) is 52.9 Å². The van der Waals surface area contributed by atoms with Crippen molar-refractivity contribution in [3.05, 3.63) is 35.9 Å². The summed E-state index contributed by atoms with van der Waals surface area (Å²) >= 11 is 2.33. The average Bonchev–Trinajstić information content (AvgIpc) is 2.92. The standard InChI is InChI=1S/C11H14INO/c1-9(10-5-3-2-4-6-10)13-7-11(13,12)8-14/h2-6,9,14H,7-8H2,1H3/t9-,11?,13?/m0/s1. The first-order valence-electron chi connectivity index (χ1n) is 4.79. The predicted octanol–water partition coefficient (Wildman–Crippen LogP) is 2.19. The molecular formula is C11H14INO. The van der Waals surface area contributed by atoms with Gasteiger partial charge in [-0.15, -0.1) is 0 Å². The van der Waals surface area contributed by atoms with Gasteiger partial charge >= 0.3 is 0 Å². The lowest BCUT2D eigenvalue weighted by atomic mass is 10.1. The van der Waals surface area contributed by atoms with Gasteiger partial charge in [0.25, 0.3) is 0 Å². The van der Waals surface area contributed by atoms with Crippen LogP contribution in [0, 0.1) is 0 Å². The summed E-state index contributed by atoms with van der Waals surface area (Å²) in [6.07, 6.45) is 0. The van der Waals surface area contributed by atoms with Gasteiger partial charge in [-0.2, -0.15) is 0 Å². The molecule has 0 aliphatic carbocycles. The first-order valence-corrected chi connectivity index (χ1v) is 5.87. The van der Waals surface area contributed by atoms with Crippen LogP contribution in [0.3, 0.4) is 0 Å². The summed E-state index contributed by atoms with van der Waals surface area (Å²) in [7, 11) is 0. The second-order valence-corrected chi connectivity index (χ2v) is 5.80. The number of nitrogens with zero attached hydrogens (tertiary/aromatic N) is 1. The molecule has 0 spiro atoms. The Morgan fingerprint density at radius 3 is 2.64 bits per heavy atom. The molecule has 3 heteroatoms. The van der Waals surface area contributed by atoms with E-state index in [4.69, 9.17) is 0 Å². The normalized spacial score (nSPS) is 32.6. The van der Waals surface area contributed by atoms with E-state index in [2.05, 4.69) is 58.7 Å². The van der Waals surface area contributed by atoms with Crippen molar-refractivity contribution in [1.82, 2.24) is 4.90 Å². The average molecular weight is 303 g/mol. The Hall–Kier alpha value is -0.130. The maximum absolute atomic E-state index is 9.18. The van der Waals surface area contributed by atoms with Crippen molar-refractivity contribution in [2.45, 2.75) is 16.5 Å². The molecule has 2 rings (SSSR count). The maximum atomic E-state index is 9.18. The van der Waals surface area contributed by atoms with E-state index in [0.29, 0.717) is 6.04 Å². The van der Waals surface area contributed by atoms with Crippen LogP contribution in [0.5, 0.6) is 0 Å². The number of hydrogen-bond donors (Lipinski definition) is 1. The van der Waals surface area contributed by atoms with E-state index < -0.39 is 0 Å². The van der Waals surface area contributed by atoms with Gasteiger partial charge in [-0.25, -0.2) is 0 Å². The van der Waals surface area contributed by atoms with Crippen molar-refractivity contribution >= 4 is 22.6 Å². The third-order valence-electron chi connectivity index (χ3n) is 2.82. The molecule has 0 aromatic heterocycles. The molecule has 2 nitrogen and oxygen atoms in total. The fraction of sp³-hybridized carbons (Fsp3) is 0.455. The molecule has 76 valence electrons. The molecule has 2 unspecified atom stereocenters. The summed E-state index contributed by atoms with van der Waals surface area (Å²) in [5.74, 6) is 0. The largest absolute Gasteiger partial charge is 0.394 e. The number of halogens is 1. The smallest absolute Gasteiger partial charge is 0.110 e. The SMILES string of the molecule is C[C@@H](c1ccccc1)N1CC1(I)CO. The van der Waals surface area contributed by atoms with Crippen molar-refractivity contribution in [2.24, 2.45) is 0 Å². The summed E-state index contributed by atoms with van der Waals surface area (Å²) in [4.78, 5) is 2.31. The number of rotatable bonds is 3. The van der Waals surface area contributed by atoms with Crippen LogP contribution in [0.25, 0.3) is 0 Å². The van der Waals surface area contributed by atoms with E-state index in [1.54, 1.807) is 0 Å². The molecule has 0 saturated carbocycles. The van der Waals surface area contributed by atoms with Crippen LogP contribution in [0.4, 0.5) is 0 Å². The summed E-state index contributed by atoms with van der Waals surface area (Å²) in [6, 6.07) is 10.8. The third kappa shape index (κ3) is 1.81. The first kappa shape index (κ1) is 10.4. The Kier molecular flexibility index (Phi) is 2.81. The Bertz CT molecular complexity index is 316. The second kappa shape index (κ2) is 3.79. The summed E-state index contributed by atoms with van der Waals surface area (Å²) in [5, 5.41) is 9.18. The zero-order valence-corrected chi connectivity index (χ0v) is 10.3. The van der Waals surface area contributed by atoms with Gasteiger partial charge < -0.3 is 5.11 Å². The number of aliphatic hydroxyl groups excluding tert-OH is 1. The Labute approximate surface area is 98.1 Å². The summed E-state index contributed by atoms with van der Waals surface area (Å²) < 4.78 is -0.00693. The molecule has 1 aromatic rings. The van der Waals surface area contributed by atoms with Crippen LogP contribution < -0.4 is 0 Å². The van der Waals surface area contributed by atoms with Crippen molar-refractivity contribution in [2.75, 3.05) is 13.2 Å². The van der Waals surface area contributed by atoms with Gasteiger partial charge in [0.1, 0.15) is 3.55 Å². The molecule has 3 atom stereocenters. The van der Waals surface area contributed by atoms with Crippen molar-refractivity contribution in [3.63, 3.8) is 0 Å². The minimum Gasteiger partial charge on any atom is -0.394 e. The quantitative estimate of drug-likeness (QED) is 0.400. The van der Waals surface area contributed by atoms with Crippen molar-refractivity contribution in [3.8, 4) is 0 Å². The van der Waals surface area contributed by atoms with Crippen LogP contribution in [-0.2, 0) is 0 Å². The minimum atomic E-state index is -0.00693. The Morgan fingerprint density at radius 2 is 2.14 bits per heavy atom. The predicted molar refractivity (Wildman–Crippen MR) is 65.4 cm³/mol. The molecule has 1 aliphatic rings. The van der Waals surface area contributed by atoms with Crippen LogP contribution in [0.15, 0.2) is 30.3 Å². The lowest BCUT2D eigenvalue weighted by molar-refractivity contribution is 0.253. The van der Waals surface area contributed by atoms with E-state index in [-0.39, 0.29) is 10.2 Å². The highest BCUT2D eigenvalue weighted by molar-refractivity contribution is 14.1. The molecule has 1 N–H and O–H groups in total. The molecule has 1 aromatic carbocycles. The molecule has 1 fully saturated rings. The van der Waals surface area contributed by atoms with Crippen LogP contribution in [-0.4, -0.2) is 26.7 Å². The van der Waals surface area contributed by atoms with Gasteiger partial charge in [0.2, 0.25) is 0 Å². The van der Waals surface area contributed by atoms with Crippen molar-refractivity contribution in [1.29, 1.82) is 0 Å². The van der Waals surface area contributed by atoms with E-state index in [1.165, 1.54) is 5.56 Å². The van der Waals surface area contributed by atoms with Crippen LogP contribution >= 0.6 is 22.6 Å². The van der Waals surface area contributed by atoms with E-state index in [1.807, 2.05) is 6.07 Å². The van der Waals surface area contributed by atoms with Gasteiger partial charge in [0, 0.05) is 12.6 Å². The lowest BCUT2D eigenvalue weighted by Gasteiger charge is -2.16. The molecule has 0 amide bonds. The topological polar surface area (TPSA) is 23.2 Å². The highest BCUT2D eigenvalue weighted by atomic mass is 127. The number of alkyl halides is 1. The minimum absolute atomic E-state index is 0.00693. The molecule has 0 radical (unpaired) electrons. The zero-order valence-electron chi connectivity index (χ0n) is 8.15. The summed E-state index contributed by atoms with van der Waals surface area (Å²) in [6.45, 7) is 3.41. The molecule has 14 heavy (non-hydrogen) atoms. The monoisotopic (exact) mass is 303 g/mol. The maximum Gasteiger partial charge on any atom is 0.110 e. The van der Waals surface area contributed by atoms with Gasteiger partial charge in [0.15, 0.2) is 0 Å². The number of aliphatic hydroxyl groups is 1. The van der Waals surface area contributed by atoms with E-state index >= 15 is 0 Å². The highest BCUT2D eigenvalue weighted by Gasteiger charge is 2.51. The second-order valence-electron chi connectivity index (χ2n) is 3.79. The molecule has 1 aliphatic heterocycles. The molecule has 0 bridgehead atoms. The van der Waals surface area contributed by atoms with E-state index in [0.717, 1.165) is 6.54 Å². The third-order valence-corrected chi connectivity index (χ3v) is 4.12. The first-order chi connectivity index (χ1) is 6.67. The van der Waals surface area contributed by atoms with Gasteiger partial charge in [0.05, 0.1) is 6.61 Å². The van der Waals surface area contributed by atoms with Crippen molar-refractivity contribution < 1.29 is 5.11 Å². The Morgan fingerprint density at radius 1 is 1.50 bits per heavy atom. The molecule has 1 saturated heterocycles. The van der Waals surface area contributed by atoms with E-state index in [9.17, 15) is 5.11 Å². The Balaban J connectivity index is 2.08. The molecular weight excluding hydrogens is 289 g/mol. The molecule has 1 heterocycles.